The monoisotopic (exact) mass is 667 g/mol. The van der Waals surface area contributed by atoms with Crippen molar-refractivity contribution >= 4 is 17.5 Å². The van der Waals surface area contributed by atoms with Gasteiger partial charge in [0.15, 0.2) is 0 Å². The van der Waals surface area contributed by atoms with Gasteiger partial charge in [-0.3, -0.25) is 14.5 Å². The standard InChI is InChI=1S/C40H44F2N4O3/c1-44-21-23-46(2,24-22-44)27-30-5-3-28(4-6-30)25-38(48)43-26-29-7-9-32(10-8-29)39-36(19-20-37(47)31-11-13-33(41)14-12-31)40(49)45(39)35-17-15-34(42)16-18-35/h3-18,36-37,39,47H,19-27H2,1-2H3/p+1. The number of carbonyl (C=O) groups is 2. The maximum Gasteiger partial charge on any atom is 0.233 e. The summed E-state index contributed by atoms with van der Waals surface area (Å²) in [5.74, 6) is -1.29. The van der Waals surface area contributed by atoms with E-state index in [0.717, 1.165) is 53.9 Å². The second kappa shape index (κ2) is 15.0. The van der Waals surface area contributed by atoms with Crippen LogP contribution in [-0.2, 0) is 29.1 Å². The maximum absolute atomic E-state index is 13.7. The number of nitrogens with zero attached hydrogens (tertiary/aromatic N) is 3. The van der Waals surface area contributed by atoms with Crippen LogP contribution in [0.4, 0.5) is 14.5 Å². The molecule has 4 aromatic carbocycles. The largest absolute Gasteiger partial charge is 0.388 e. The van der Waals surface area contributed by atoms with E-state index in [-0.39, 0.29) is 35.4 Å². The normalized spacial score (nSPS) is 19.7. The Balaban J connectivity index is 1.05. The number of hydrogen-bond acceptors (Lipinski definition) is 4. The number of halogens is 2. The van der Waals surface area contributed by atoms with E-state index in [4.69, 9.17) is 0 Å². The van der Waals surface area contributed by atoms with Crippen LogP contribution in [0.25, 0.3) is 0 Å². The first-order valence-corrected chi connectivity index (χ1v) is 17.0. The Hall–Kier alpha value is -4.44. The number of carbonyl (C=O) groups excluding carboxylic acids is 2. The minimum absolute atomic E-state index is 0.0539. The van der Waals surface area contributed by atoms with Crippen molar-refractivity contribution < 1.29 is 28.0 Å². The molecule has 2 heterocycles. The molecule has 2 aliphatic rings. The molecule has 2 aliphatic heterocycles. The molecule has 2 fully saturated rings. The zero-order valence-corrected chi connectivity index (χ0v) is 28.2. The summed E-state index contributed by atoms with van der Waals surface area (Å²) in [7, 11) is 4.49. The Morgan fingerprint density at radius 2 is 1.43 bits per heavy atom. The predicted octanol–water partition coefficient (Wildman–Crippen LogP) is 5.93. The van der Waals surface area contributed by atoms with Gasteiger partial charge in [-0.05, 0) is 78.5 Å². The molecule has 3 unspecified atom stereocenters. The van der Waals surface area contributed by atoms with E-state index in [1.807, 2.05) is 36.4 Å². The highest BCUT2D eigenvalue weighted by Crippen LogP contribution is 2.46. The number of amides is 2. The summed E-state index contributed by atoms with van der Waals surface area (Å²) >= 11 is 0. The van der Waals surface area contributed by atoms with Gasteiger partial charge in [0.1, 0.15) is 18.2 Å². The first-order chi connectivity index (χ1) is 23.6. The number of benzene rings is 4. The lowest BCUT2D eigenvalue weighted by molar-refractivity contribution is -0.926. The first-order valence-electron chi connectivity index (χ1n) is 17.0. The zero-order chi connectivity index (χ0) is 34.5. The van der Waals surface area contributed by atoms with Crippen LogP contribution in [0.5, 0.6) is 0 Å². The van der Waals surface area contributed by atoms with E-state index in [0.29, 0.717) is 37.1 Å². The van der Waals surface area contributed by atoms with E-state index >= 15 is 0 Å². The van der Waals surface area contributed by atoms with Crippen molar-refractivity contribution in [3.63, 3.8) is 0 Å². The smallest absolute Gasteiger partial charge is 0.233 e. The van der Waals surface area contributed by atoms with Crippen LogP contribution in [0, 0.1) is 17.6 Å². The summed E-state index contributed by atoms with van der Waals surface area (Å²) in [6, 6.07) is 27.5. The average molecular weight is 668 g/mol. The molecule has 0 aliphatic carbocycles. The topological polar surface area (TPSA) is 72.9 Å². The number of aliphatic hydroxyl groups is 1. The quantitative estimate of drug-likeness (QED) is 0.145. The number of anilines is 1. The highest BCUT2D eigenvalue weighted by molar-refractivity contribution is 6.03. The van der Waals surface area contributed by atoms with Gasteiger partial charge in [-0.25, -0.2) is 8.78 Å². The Morgan fingerprint density at radius 3 is 2.06 bits per heavy atom. The number of β-lactam (4-membered cyclic amide) rings is 1. The zero-order valence-electron chi connectivity index (χ0n) is 28.2. The van der Waals surface area contributed by atoms with Gasteiger partial charge < -0.3 is 19.8 Å². The molecule has 0 spiro atoms. The van der Waals surface area contributed by atoms with Crippen LogP contribution in [0.1, 0.15) is 52.8 Å². The summed E-state index contributed by atoms with van der Waals surface area (Å²) in [4.78, 5) is 30.3. The van der Waals surface area contributed by atoms with Crippen LogP contribution in [0.15, 0.2) is 97.1 Å². The van der Waals surface area contributed by atoms with Gasteiger partial charge in [-0.15, -0.1) is 0 Å². The number of rotatable bonds is 12. The number of aliphatic hydroxyl groups excluding tert-OH is 1. The van der Waals surface area contributed by atoms with Crippen LogP contribution < -0.4 is 10.2 Å². The molecule has 4 aromatic rings. The van der Waals surface area contributed by atoms with Crippen molar-refractivity contribution in [1.29, 1.82) is 0 Å². The van der Waals surface area contributed by atoms with E-state index in [9.17, 15) is 23.5 Å². The van der Waals surface area contributed by atoms with Gasteiger partial charge in [-0.1, -0.05) is 60.7 Å². The van der Waals surface area contributed by atoms with Gasteiger partial charge in [0.2, 0.25) is 11.8 Å². The fraction of sp³-hybridized carbons (Fsp3) is 0.350. The fourth-order valence-corrected chi connectivity index (χ4v) is 6.98. The highest BCUT2D eigenvalue weighted by Gasteiger charge is 2.48. The van der Waals surface area contributed by atoms with Crippen LogP contribution in [0.3, 0.4) is 0 Å². The molecular formula is C40H45F2N4O3+. The highest BCUT2D eigenvalue weighted by atomic mass is 19.1. The first kappa shape index (κ1) is 34.4. The van der Waals surface area contributed by atoms with E-state index in [1.165, 1.54) is 29.8 Å². The molecule has 2 saturated heterocycles. The molecule has 3 atom stereocenters. The predicted molar refractivity (Wildman–Crippen MR) is 186 cm³/mol. The molecule has 6 rings (SSSR count). The van der Waals surface area contributed by atoms with Gasteiger partial charge in [0, 0.05) is 30.9 Å². The van der Waals surface area contributed by atoms with Gasteiger partial charge >= 0.3 is 0 Å². The van der Waals surface area contributed by atoms with Crippen molar-refractivity contribution in [2.45, 2.75) is 44.5 Å². The third kappa shape index (κ3) is 8.41. The molecule has 0 radical (unpaired) electrons. The summed E-state index contributed by atoms with van der Waals surface area (Å²) in [6.07, 6.45) is 0.232. The van der Waals surface area contributed by atoms with Crippen molar-refractivity contribution in [2.75, 3.05) is 45.2 Å². The molecular weight excluding hydrogens is 622 g/mol. The maximum atomic E-state index is 13.7. The molecule has 0 bridgehead atoms. The third-order valence-electron chi connectivity index (χ3n) is 10.1. The van der Waals surface area contributed by atoms with Crippen LogP contribution in [-0.4, -0.2) is 66.6 Å². The van der Waals surface area contributed by atoms with E-state index in [2.05, 4.69) is 36.4 Å². The van der Waals surface area contributed by atoms with E-state index in [1.54, 1.807) is 29.2 Å². The SMILES string of the molecule is CN1CC[N+](C)(Cc2ccc(CC(=O)NCc3ccc(C4C(CCC(O)c5ccc(F)cc5)C(=O)N4c4ccc(F)cc4)cc3)cc2)CC1. The molecule has 0 saturated carbocycles. The summed E-state index contributed by atoms with van der Waals surface area (Å²) in [5.41, 5.74) is 5.30. The molecule has 7 nitrogen and oxygen atoms in total. The van der Waals surface area contributed by atoms with Crippen molar-refractivity contribution in [3.8, 4) is 0 Å². The number of piperazine rings is 1. The molecule has 2 amide bonds. The lowest BCUT2D eigenvalue weighted by Gasteiger charge is -2.48. The van der Waals surface area contributed by atoms with E-state index < -0.39 is 6.10 Å². The minimum atomic E-state index is -0.829. The Morgan fingerprint density at radius 1 is 0.857 bits per heavy atom. The summed E-state index contributed by atoms with van der Waals surface area (Å²) in [6.45, 7) is 5.86. The minimum Gasteiger partial charge on any atom is -0.388 e. The Kier molecular flexibility index (Phi) is 10.5. The van der Waals surface area contributed by atoms with Gasteiger partial charge in [0.05, 0.1) is 44.6 Å². The lowest BCUT2D eigenvalue weighted by Crippen LogP contribution is -2.55. The number of hydrogen-bond donors (Lipinski definition) is 2. The van der Waals surface area contributed by atoms with Gasteiger partial charge in [-0.2, -0.15) is 0 Å². The molecule has 49 heavy (non-hydrogen) atoms. The second-order valence-corrected chi connectivity index (χ2v) is 13.9. The van der Waals surface area contributed by atoms with Crippen molar-refractivity contribution in [3.05, 3.63) is 137 Å². The average Bonchev–Trinajstić information content (AvgIpc) is 3.10. The summed E-state index contributed by atoms with van der Waals surface area (Å²) in [5, 5.41) is 13.8. The third-order valence-corrected chi connectivity index (χ3v) is 10.1. The summed E-state index contributed by atoms with van der Waals surface area (Å²) < 4.78 is 28.1. The van der Waals surface area contributed by atoms with Crippen LogP contribution >= 0.6 is 0 Å². The number of nitrogens with one attached hydrogen (secondary N) is 1. The van der Waals surface area contributed by atoms with Crippen LogP contribution in [0.2, 0.25) is 0 Å². The van der Waals surface area contributed by atoms with Crippen molar-refractivity contribution in [2.24, 2.45) is 5.92 Å². The lowest BCUT2D eigenvalue weighted by atomic mass is 9.78. The number of quaternary nitrogens is 1. The van der Waals surface area contributed by atoms with Gasteiger partial charge in [0.25, 0.3) is 0 Å². The molecule has 2 N–H and O–H groups in total. The molecule has 0 aromatic heterocycles. The molecule has 256 valence electrons. The van der Waals surface area contributed by atoms with Crippen molar-refractivity contribution in [1.82, 2.24) is 10.2 Å². The number of likely N-dealkylation sites (N-methyl/N-ethyl adjacent to an activating group) is 2. The second-order valence-electron chi connectivity index (χ2n) is 13.9. The fourth-order valence-electron chi connectivity index (χ4n) is 6.98. The molecule has 9 heteroatoms. The Bertz CT molecular complexity index is 1720. The Labute approximate surface area is 287 Å².